The van der Waals surface area contributed by atoms with E-state index in [0.29, 0.717) is 6.54 Å². The molecule has 0 spiro atoms. The number of nitrogens with zero attached hydrogens (tertiary/aromatic N) is 3. The van der Waals surface area contributed by atoms with Gasteiger partial charge in [-0.25, -0.2) is 4.98 Å². The number of hydrogen-bond acceptors (Lipinski definition) is 4. The van der Waals surface area contributed by atoms with Crippen molar-refractivity contribution in [2.75, 3.05) is 0 Å². The van der Waals surface area contributed by atoms with Crippen molar-refractivity contribution in [1.29, 1.82) is 0 Å². The maximum Gasteiger partial charge on any atom is 0.121 e. The molecule has 0 aliphatic rings. The molecule has 0 fully saturated rings. The first kappa shape index (κ1) is 8.31. The van der Waals surface area contributed by atoms with Crippen molar-refractivity contribution < 1.29 is 0 Å². The summed E-state index contributed by atoms with van der Waals surface area (Å²) in [4.78, 5) is 16.0. The Kier molecular flexibility index (Phi) is 1.66. The Morgan fingerprint density at radius 3 is 3.07 bits per heavy atom. The van der Waals surface area contributed by atoms with Crippen molar-refractivity contribution in [3.63, 3.8) is 0 Å². The van der Waals surface area contributed by atoms with Gasteiger partial charge in [0.05, 0.1) is 23.8 Å². The minimum absolute atomic E-state index is 0.392. The fourth-order valence-corrected chi connectivity index (χ4v) is 1.63. The Balaban J connectivity index is 2.47. The first-order valence-corrected chi connectivity index (χ1v) is 4.67. The minimum Gasteiger partial charge on any atom is -0.340 e. The van der Waals surface area contributed by atoms with Crippen LogP contribution >= 0.6 is 0 Å². The van der Waals surface area contributed by atoms with Crippen LogP contribution in [0.3, 0.4) is 0 Å². The molecule has 15 heavy (non-hydrogen) atoms. The molecule has 0 unspecified atom stereocenters. The van der Waals surface area contributed by atoms with Crippen molar-refractivity contribution in [2.45, 2.75) is 6.54 Å². The SMILES string of the molecule is NCc1nc2c(cnc3cccnc32)[nH]1. The van der Waals surface area contributed by atoms with Gasteiger partial charge in [-0.2, -0.15) is 0 Å². The van der Waals surface area contributed by atoms with Gasteiger partial charge in [0.1, 0.15) is 16.9 Å². The van der Waals surface area contributed by atoms with E-state index in [2.05, 4.69) is 19.9 Å². The van der Waals surface area contributed by atoms with E-state index >= 15 is 0 Å². The van der Waals surface area contributed by atoms with Gasteiger partial charge in [-0.3, -0.25) is 9.97 Å². The summed E-state index contributed by atoms with van der Waals surface area (Å²) in [5.41, 5.74) is 8.89. The fraction of sp³-hybridized carbons (Fsp3) is 0.100. The van der Waals surface area contributed by atoms with Gasteiger partial charge in [-0.1, -0.05) is 0 Å². The van der Waals surface area contributed by atoms with Crippen LogP contribution in [0.15, 0.2) is 24.5 Å². The molecule has 0 aliphatic heterocycles. The summed E-state index contributed by atoms with van der Waals surface area (Å²) < 4.78 is 0. The van der Waals surface area contributed by atoms with Gasteiger partial charge in [0.15, 0.2) is 0 Å². The highest BCUT2D eigenvalue weighted by atomic mass is 15.0. The maximum atomic E-state index is 5.52. The minimum atomic E-state index is 0.392. The molecular weight excluding hydrogens is 190 g/mol. The van der Waals surface area contributed by atoms with Crippen molar-refractivity contribution in [3.05, 3.63) is 30.4 Å². The Hall–Kier alpha value is -2.01. The third-order valence-corrected chi connectivity index (χ3v) is 2.32. The Bertz CT molecular complexity index is 628. The third-order valence-electron chi connectivity index (χ3n) is 2.32. The van der Waals surface area contributed by atoms with E-state index in [-0.39, 0.29) is 0 Å². The van der Waals surface area contributed by atoms with E-state index in [1.807, 2.05) is 12.1 Å². The molecule has 3 N–H and O–H groups in total. The molecule has 5 heteroatoms. The van der Waals surface area contributed by atoms with E-state index in [1.54, 1.807) is 12.4 Å². The molecule has 0 amide bonds. The molecule has 0 aliphatic carbocycles. The predicted molar refractivity (Wildman–Crippen MR) is 57.1 cm³/mol. The van der Waals surface area contributed by atoms with E-state index in [1.165, 1.54) is 0 Å². The number of H-pyrrole nitrogens is 1. The lowest BCUT2D eigenvalue weighted by Gasteiger charge is -1.94. The lowest BCUT2D eigenvalue weighted by atomic mass is 10.3. The number of aromatic nitrogens is 4. The number of fused-ring (bicyclic) bond motifs is 3. The number of hydrogen-bond donors (Lipinski definition) is 2. The van der Waals surface area contributed by atoms with Crippen LogP contribution in [0.5, 0.6) is 0 Å². The number of pyridine rings is 2. The van der Waals surface area contributed by atoms with Crippen LogP contribution in [0.25, 0.3) is 22.1 Å². The molecule has 0 radical (unpaired) electrons. The Labute approximate surface area is 85.4 Å². The summed E-state index contributed by atoms with van der Waals surface area (Å²) >= 11 is 0. The second-order valence-corrected chi connectivity index (χ2v) is 3.28. The van der Waals surface area contributed by atoms with Gasteiger partial charge in [0.2, 0.25) is 0 Å². The molecule has 3 heterocycles. The zero-order valence-electron chi connectivity index (χ0n) is 7.94. The van der Waals surface area contributed by atoms with Crippen molar-refractivity contribution in [3.8, 4) is 0 Å². The number of nitrogens with two attached hydrogens (primary N) is 1. The zero-order chi connectivity index (χ0) is 10.3. The highest BCUT2D eigenvalue weighted by molar-refractivity contribution is 5.98. The third kappa shape index (κ3) is 1.17. The summed E-state index contributed by atoms with van der Waals surface area (Å²) in [6.45, 7) is 0.392. The molecule has 3 aromatic rings. The molecule has 0 atom stereocenters. The van der Waals surface area contributed by atoms with E-state index in [4.69, 9.17) is 5.73 Å². The molecule has 3 aromatic heterocycles. The average Bonchev–Trinajstić information content (AvgIpc) is 2.72. The van der Waals surface area contributed by atoms with Crippen molar-refractivity contribution >= 4 is 22.1 Å². The lowest BCUT2D eigenvalue weighted by molar-refractivity contribution is 0.958. The molecular formula is C10H9N5. The van der Waals surface area contributed by atoms with Crippen molar-refractivity contribution in [2.24, 2.45) is 5.73 Å². The highest BCUT2D eigenvalue weighted by Gasteiger charge is 2.06. The van der Waals surface area contributed by atoms with Crippen LogP contribution < -0.4 is 5.73 Å². The molecule has 74 valence electrons. The van der Waals surface area contributed by atoms with E-state index in [9.17, 15) is 0 Å². The average molecular weight is 199 g/mol. The molecule has 3 rings (SSSR count). The molecule has 5 nitrogen and oxygen atoms in total. The predicted octanol–water partition coefficient (Wildman–Crippen LogP) is 0.965. The summed E-state index contributed by atoms with van der Waals surface area (Å²) in [6, 6.07) is 3.77. The highest BCUT2D eigenvalue weighted by Crippen LogP contribution is 2.18. The van der Waals surface area contributed by atoms with Crippen LogP contribution in [0, 0.1) is 0 Å². The number of nitrogens with one attached hydrogen (secondary N) is 1. The number of imidazole rings is 1. The van der Waals surface area contributed by atoms with Crippen LogP contribution in [0.1, 0.15) is 5.82 Å². The Morgan fingerprint density at radius 1 is 1.27 bits per heavy atom. The van der Waals surface area contributed by atoms with Crippen LogP contribution in [0.4, 0.5) is 0 Å². The lowest BCUT2D eigenvalue weighted by Crippen LogP contribution is -1.97. The van der Waals surface area contributed by atoms with Crippen LogP contribution in [-0.2, 0) is 6.54 Å². The zero-order valence-corrected chi connectivity index (χ0v) is 7.94. The molecule has 0 aromatic carbocycles. The van der Waals surface area contributed by atoms with Crippen molar-refractivity contribution in [1.82, 2.24) is 19.9 Å². The van der Waals surface area contributed by atoms with E-state index in [0.717, 1.165) is 27.9 Å². The number of aromatic amines is 1. The largest absolute Gasteiger partial charge is 0.340 e. The summed E-state index contributed by atoms with van der Waals surface area (Å²) in [6.07, 6.45) is 3.49. The smallest absolute Gasteiger partial charge is 0.121 e. The second-order valence-electron chi connectivity index (χ2n) is 3.28. The molecule has 0 bridgehead atoms. The molecule has 0 saturated carbocycles. The van der Waals surface area contributed by atoms with Crippen LogP contribution in [0.2, 0.25) is 0 Å². The first-order valence-electron chi connectivity index (χ1n) is 4.67. The van der Waals surface area contributed by atoms with Gasteiger partial charge < -0.3 is 10.7 Å². The number of rotatable bonds is 1. The van der Waals surface area contributed by atoms with Gasteiger partial charge in [0.25, 0.3) is 0 Å². The van der Waals surface area contributed by atoms with Gasteiger partial charge in [-0.05, 0) is 12.1 Å². The van der Waals surface area contributed by atoms with Gasteiger partial charge >= 0.3 is 0 Å². The topological polar surface area (TPSA) is 80.5 Å². The Morgan fingerprint density at radius 2 is 2.20 bits per heavy atom. The monoisotopic (exact) mass is 199 g/mol. The molecule has 0 saturated heterocycles. The standard InChI is InChI=1S/C10H9N5/c11-4-8-14-7-5-13-6-2-1-3-12-9(6)10(7)15-8/h1-3,5H,4,11H2,(H,14,15). The maximum absolute atomic E-state index is 5.52. The van der Waals surface area contributed by atoms with Gasteiger partial charge in [0, 0.05) is 6.20 Å². The summed E-state index contributed by atoms with van der Waals surface area (Å²) in [5, 5.41) is 0. The quantitative estimate of drug-likeness (QED) is 0.611. The second kappa shape index (κ2) is 2.99. The summed E-state index contributed by atoms with van der Waals surface area (Å²) in [7, 11) is 0. The van der Waals surface area contributed by atoms with Crippen LogP contribution in [-0.4, -0.2) is 19.9 Å². The summed E-state index contributed by atoms with van der Waals surface area (Å²) in [5.74, 6) is 0.755. The van der Waals surface area contributed by atoms with E-state index < -0.39 is 0 Å². The fourth-order valence-electron chi connectivity index (χ4n) is 1.63. The normalized spacial score (nSPS) is 11.3. The van der Waals surface area contributed by atoms with Gasteiger partial charge in [-0.15, -0.1) is 0 Å². The first-order chi connectivity index (χ1) is 7.38.